The number of alkyl halides is 6. The highest BCUT2D eigenvalue weighted by Crippen LogP contribution is 2.35. The lowest BCUT2D eigenvalue weighted by atomic mass is 10.0. The molecule has 2 fully saturated rings. The first-order chi connectivity index (χ1) is 43.1. The molecule has 32 heteroatoms. The molecule has 2 aliphatic rings. The molecular weight excluding hydrogens is 1220 g/mol. The maximum absolute atomic E-state index is 15.3. The largest absolute Gasteiger partial charge is 0.480 e. The number of nitrogens with zero attached hydrogens (tertiary/aromatic N) is 10. The van der Waals surface area contributed by atoms with E-state index >= 15 is 8.78 Å². The van der Waals surface area contributed by atoms with Gasteiger partial charge in [0.15, 0.2) is 0 Å². The third-order valence-electron chi connectivity index (χ3n) is 15.2. The summed E-state index contributed by atoms with van der Waals surface area (Å²) >= 11 is 0. The van der Waals surface area contributed by atoms with Gasteiger partial charge in [-0.1, -0.05) is 0 Å². The highest BCUT2D eigenvalue weighted by molar-refractivity contribution is 5.99. The van der Waals surface area contributed by atoms with E-state index in [1.165, 1.54) is 123 Å². The summed E-state index contributed by atoms with van der Waals surface area (Å²) in [7, 11) is 4.06. The summed E-state index contributed by atoms with van der Waals surface area (Å²) in [6, 6.07) is 5.85. The van der Waals surface area contributed by atoms with Crippen LogP contribution in [0.25, 0.3) is 33.2 Å². The highest BCUT2D eigenvalue weighted by atomic mass is 19.4. The smallest absolute Gasteiger partial charge is 0.411 e. The molecule has 8 heterocycles. The van der Waals surface area contributed by atoms with E-state index in [0.717, 1.165) is 38.2 Å². The number of nitrogens with one attached hydrogen (secondary N) is 2. The van der Waals surface area contributed by atoms with Crippen LogP contribution in [0.4, 0.5) is 46.5 Å². The van der Waals surface area contributed by atoms with Crippen molar-refractivity contribution in [1.29, 1.82) is 0 Å². The van der Waals surface area contributed by atoms with E-state index < -0.39 is 119 Å². The second kappa shape index (κ2) is 26.5. The van der Waals surface area contributed by atoms with E-state index in [1.54, 1.807) is 0 Å². The van der Waals surface area contributed by atoms with Crippen LogP contribution in [0.15, 0.2) is 117 Å². The number of pyridine rings is 4. The molecule has 2 aromatic carbocycles. The Labute approximate surface area is 507 Å². The van der Waals surface area contributed by atoms with E-state index in [-0.39, 0.29) is 95.2 Å². The summed E-state index contributed by atoms with van der Waals surface area (Å²) < 4.78 is 131. The SMILES string of the molecule is COC(=O)[C@H](Cc1ccc(-n2c(=O)c3ccncc3n(C)c2=O)cn1)NC(=O)c1c(C)cc(N2CCOC[C@@H]2C(F)(F)F)cc1F.Cc1cc(N2CCOC[C@@H]2C(F)(F)F)cc(F)c1C(=O)N[C@@H](Cc1ccc(-n2c(=O)c3ccncc3n(C)c2=O)cn1)C(=O)O. The Morgan fingerprint density at radius 2 is 1.02 bits per heavy atom. The van der Waals surface area contributed by atoms with Gasteiger partial charge >= 0.3 is 35.7 Å². The second-order valence-electron chi connectivity index (χ2n) is 21.0. The molecule has 2 aliphatic heterocycles. The molecule has 0 saturated carbocycles. The number of carboxylic acids is 1. The third kappa shape index (κ3) is 13.7. The molecular formula is C59H54F8N12O12. The number of anilines is 2. The van der Waals surface area contributed by atoms with Crippen molar-refractivity contribution >= 4 is 56.9 Å². The van der Waals surface area contributed by atoms with Gasteiger partial charge < -0.3 is 39.8 Å². The highest BCUT2D eigenvalue weighted by Gasteiger charge is 2.47. The van der Waals surface area contributed by atoms with Gasteiger partial charge in [-0.3, -0.25) is 48.2 Å². The lowest BCUT2D eigenvalue weighted by Crippen LogP contribution is -2.53. The van der Waals surface area contributed by atoms with Crippen molar-refractivity contribution in [3.63, 3.8) is 0 Å². The Morgan fingerprint density at radius 1 is 0.615 bits per heavy atom. The Kier molecular flexibility index (Phi) is 19.0. The minimum Gasteiger partial charge on any atom is -0.480 e. The van der Waals surface area contributed by atoms with E-state index in [2.05, 4.69) is 30.6 Å². The van der Waals surface area contributed by atoms with Crippen molar-refractivity contribution in [3.05, 3.63) is 185 Å². The monoisotopic (exact) mass is 1270 g/mol. The summed E-state index contributed by atoms with van der Waals surface area (Å²) in [4.78, 5) is 121. The zero-order valence-electron chi connectivity index (χ0n) is 48.6. The quantitative estimate of drug-likeness (QED) is 0.101. The van der Waals surface area contributed by atoms with Crippen LogP contribution in [0.5, 0.6) is 0 Å². The van der Waals surface area contributed by atoms with Crippen molar-refractivity contribution in [2.75, 3.05) is 56.4 Å². The number of carboxylic acid groups (broad SMARTS) is 1. The average Bonchev–Trinajstić information content (AvgIpc) is 0.797. The second-order valence-corrected chi connectivity index (χ2v) is 21.0. The number of benzene rings is 2. The van der Waals surface area contributed by atoms with Gasteiger partial charge in [0.2, 0.25) is 0 Å². The van der Waals surface area contributed by atoms with Crippen LogP contribution in [0.2, 0.25) is 0 Å². The summed E-state index contributed by atoms with van der Waals surface area (Å²) in [6.07, 6.45) is -1.74. The first-order valence-electron chi connectivity index (χ1n) is 27.5. The van der Waals surface area contributed by atoms with Crippen molar-refractivity contribution in [2.45, 2.75) is 63.2 Å². The van der Waals surface area contributed by atoms with Crippen LogP contribution < -0.4 is 42.9 Å². The van der Waals surface area contributed by atoms with Crippen LogP contribution in [0, 0.1) is 25.5 Å². The molecule has 0 spiro atoms. The zero-order chi connectivity index (χ0) is 66.0. The van der Waals surface area contributed by atoms with Gasteiger partial charge in [-0.2, -0.15) is 26.3 Å². The molecule has 91 heavy (non-hydrogen) atoms. The third-order valence-corrected chi connectivity index (χ3v) is 15.2. The maximum atomic E-state index is 15.3. The molecule has 0 bridgehead atoms. The van der Waals surface area contributed by atoms with Crippen LogP contribution in [-0.2, 0) is 50.7 Å². The number of aromatic nitrogens is 8. The van der Waals surface area contributed by atoms with Gasteiger partial charge in [-0.15, -0.1) is 0 Å². The molecule has 0 radical (unpaired) electrons. The number of methoxy groups -OCH3 is 1. The predicted octanol–water partition coefficient (Wildman–Crippen LogP) is 4.33. The summed E-state index contributed by atoms with van der Waals surface area (Å²) in [5.74, 6) is -6.62. The summed E-state index contributed by atoms with van der Waals surface area (Å²) in [5, 5.41) is 14.9. The van der Waals surface area contributed by atoms with Crippen molar-refractivity contribution in [2.24, 2.45) is 14.1 Å². The number of fused-ring (bicyclic) bond motifs is 2. The number of carbonyl (C=O) groups is 4. The topological polar surface area (TPSA) is 286 Å². The van der Waals surface area contributed by atoms with E-state index in [4.69, 9.17) is 14.2 Å². The van der Waals surface area contributed by atoms with E-state index in [0.29, 0.717) is 11.0 Å². The number of rotatable bonds is 14. The fraction of sp³-hybridized carbons (Fsp3) is 0.322. The molecule has 0 unspecified atom stereocenters. The molecule has 478 valence electrons. The number of halogens is 8. The number of carbonyl (C=O) groups excluding carboxylic acids is 3. The Morgan fingerprint density at radius 3 is 1.38 bits per heavy atom. The van der Waals surface area contributed by atoms with Crippen LogP contribution in [0.1, 0.15) is 43.2 Å². The molecule has 8 aromatic rings. The maximum Gasteiger partial charge on any atom is 0.411 e. The van der Waals surface area contributed by atoms with Crippen molar-refractivity contribution in [3.8, 4) is 11.4 Å². The molecule has 10 rings (SSSR count). The normalized spacial score (nSPS) is 16.0. The summed E-state index contributed by atoms with van der Waals surface area (Å²) in [6.45, 7) is 1.18. The molecule has 2 amide bonds. The van der Waals surface area contributed by atoms with Gasteiger partial charge in [-0.25, -0.2) is 37.1 Å². The lowest BCUT2D eigenvalue weighted by molar-refractivity contribution is -0.167. The molecule has 0 aliphatic carbocycles. The minimum absolute atomic E-state index is 0.000258. The molecule has 24 nitrogen and oxygen atoms in total. The first kappa shape index (κ1) is 65.2. The average molecular weight is 1280 g/mol. The number of morpholine rings is 2. The van der Waals surface area contributed by atoms with Crippen LogP contribution in [-0.4, -0.2) is 150 Å². The summed E-state index contributed by atoms with van der Waals surface area (Å²) in [5.41, 5.74) is -2.20. The number of amides is 2. The van der Waals surface area contributed by atoms with Gasteiger partial charge in [0.05, 0.1) is 103 Å². The Bertz CT molecular complexity index is 4340. The van der Waals surface area contributed by atoms with Crippen LogP contribution >= 0.6 is 0 Å². The Balaban J connectivity index is 0.000000215. The molecule has 6 aromatic heterocycles. The Hall–Kier alpha value is -10.2. The number of esters is 1. The van der Waals surface area contributed by atoms with Gasteiger partial charge in [0, 0.05) is 75.2 Å². The van der Waals surface area contributed by atoms with Crippen molar-refractivity contribution < 1.29 is 73.6 Å². The standard InChI is InChI=1S/C30H28F4N6O6.C29H26F4N6O6/c1-16-10-19(39-8-9-46-15-24(39)30(32,33)34)12-21(31)25(16)26(41)37-22(28(43)45-3)11-17-4-5-18(13-36-17)40-27(42)20-6-7-35-14-23(20)38(2)29(40)44;1-15-9-18(38-7-8-45-14-23(38)29(31,32)33)11-20(30)24(15)25(40)36-21(27(42)43)10-16-3-4-17(12-35-16)39-26(41)19-5-6-34-13-22(19)37(2)28(39)44/h4-7,10,12-14,22,24H,8-9,11,15H2,1-3H3,(H,37,41);3-6,9,11-13,21,23H,7-8,10,14H2,1-2H3,(H,36,40)(H,42,43)/t22-,24+;21-,23+/m00/s1. The minimum atomic E-state index is -4.64. The fourth-order valence-corrected chi connectivity index (χ4v) is 10.5. The number of ether oxygens (including phenoxy) is 3. The van der Waals surface area contributed by atoms with Crippen LogP contribution in [0.3, 0.4) is 0 Å². The van der Waals surface area contributed by atoms with Gasteiger partial charge in [0.1, 0.15) is 35.8 Å². The number of hydrogen-bond acceptors (Lipinski definition) is 17. The van der Waals surface area contributed by atoms with Gasteiger partial charge in [0.25, 0.3) is 22.9 Å². The molecule has 4 atom stereocenters. The first-order valence-corrected chi connectivity index (χ1v) is 27.5. The number of hydrogen-bond donors (Lipinski definition) is 3. The van der Waals surface area contributed by atoms with Gasteiger partial charge in [-0.05, 0) is 85.6 Å². The lowest BCUT2D eigenvalue weighted by Gasteiger charge is -2.38. The van der Waals surface area contributed by atoms with Crippen molar-refractivity contribution in [1.82, 2.24) is 48.8 Å². The predicted molar refractivity (Wildman–Crippen MR) is 309 cm³/mol. The number of aryl methyl sites for hydroxylation is 4. The fourth-order valence-electron chi connectivity index (χ4n) is 10.5. The molecule has 3 N–H and O–H groups in total. The zero-order valence-corrected chi connectivity index (χ0v) is 48.6. The van der Waals surface area contributed by atoms with E-state index in [1.807, 2.05) is 0 Å². The molecule has 2 saturated heterocycles. The number of aliphatic carboxylic acids is 1. The van der Waals surface area contributed by atoms with E-state index in [9.17, 15) is 69.8 Å².